The molecule has 0 aromatic heterocycles. The fourth-order valence-corrected chi connectivity index (χ4v) is 1.31. The number of carboxylic acid groups (broad SMARTS) is 1. The monoisotopic (exact) mass is 243 g/mol. The second-order valence-electron chi connectivity index (χ2n) is 3.22. The van der Waals surface area contributed by atoms with E-state index in [0.717, 1.165) is 11.8 Å². The number of hydrogen-bond donors (Lipinski definition) is 1. The molecule has 16 heavy (non-hydrogen) atoms. The van der Waals surface area contributed by atoms with Crippen molar-refractivity contribution < 1.29 is 14.3 Å². The Bertz CT molecular complexity index is 420. The van der Waals surface area contributed by atoms with E-state index in [2.05, 4.69) is 0 Å². The molecule has 0 aliphatic carbocycles. The molecule has 0 spiro atoms. The Labute approximate surface area is 97.8 Å². The molecule has 1 N–H and O–H groups in total. The molecule has 0 radical (unpaired) electrons. The number of nitrogens with zero attached hydrogens (tertiary/aromatic N) is 1. The second kappa shape index (κ2) is 5.51. The van der Waals surface area contributed by atoms with Crippen molar-refractivity contribution in [1.82, 2.24) is 0 Å². The molecule has 0 amide bonds. The highest BCUT2D eigenvalue weighted by atomic mass is 35.5. The molecule has 0 atom stereocenters. The SMILES string of the molecule is CN(C/C=C/C(=O)O)c1ccc(F)c(Cl)c1. The van der Waals surface area contributed by atoms with Gasteiger partial charge in [-0.3, -0.25) is 0 Å². The average molecular weight is 244 g/mol. The van der Waals surface area contributed by atoms with Crippen LogP contribution in [0, 0.1) is 5.82 Å². The van der Waals surface area contributed by atoms with Gasteiger partial charge in [-0.1, -0.05) is 17.7 Å². The second-order valence-corrected chi connectivity index (χ2v) is 3.63. The third-order valence-electron chi connectivity index (χ3n) is 1.98. The van der Waals surface area contributed by atoms with E-state index >= 15 is 0 Å². The number of carboxylic acids is 1. The third kappa shape index (κ3) is 3.55. The van der Waals surface area contributed by atoms with Gasteiger partial charge in [0.15, 0.2) is 0 Å². The van der Waals surface area contributed by atoms with Crippen molar-refractivity contribution in [2.45, 2.75) is 0 Å². The average Bonchev–Trinajstić information content (AvgIpc) is 2.21. The van der Waals surface area contributed by atoms with Crippen LogP contribution in [0.4, 0.5) is 10.1 Å². The molecule has 1 rings (SSSR count). The van der Waals surface area contributed by atoms with Crippen LogP contribution in [0.5, 0.6) is 0 Å². The van der Waals surface area contributed by atoms with Crippen LogP contribution in [0.25, 0.3) is 0 Å². The van der Waals surface area contributed by atoms with Gasteiger partial charge in [-0.2, -0.15) is 0 Å². The summed E-state index contributed by atoms with van der Waals surface area (Å²) in [5.41, 5.74) is 0.724. The highest BCUT2D eigenvalue weighted by Crippen LogP contribution is 2.21. The lowest BCUT2D eigenvalue weighted by Crippen LogP contribution is -2.17. The quantitative estimate of drug-likeness (QED) is 0.827. The largest absolute Gasteiger partial charge is 0.478 e. The lowest BCUT2D eigenvalue weighted by Gasteiger charge is -2.17. The zero-order valence-electron chi connectivity index (χ0n) is 8.65. The Hall–Kier alpha value is -1.55. The van der Waals surface area contributed by atoms with E-state index in [1.165, 1.54) is 18.2 Å². The van der Waals surface area contributed by atoms with E-state index in [1.54, 1.807) is 18.0 Å². The van der Waals surface area contributed by atoms with Crippen LogP contribution >= 0.6 is 11.6 Å². The van der Waals surface area contributed by atoms with Gasteiger partial charge in [0.1, 0.15) is 5.82 Å². The van der Waals surface area contributed by atoms with Gasteiger partial charge in [0.2, 0.25) is 0 Å². The van der Waals surface area contributed by atoms with Gasteiger partial charge >= 0.3 is 5.97 Å². The molecule has 0 bridgehead atoms. The lowest BCUT2D eigenvalue weighted by atomic mass is 10.3. The van der Waals surface area contributed by atoms with Crippen LogP contribution in [0.1, 0.15) is 0 Å². The molecular formula is C11H11ClFNO2. The zero-order valence-corrected chi connectivity index (χ0v) is 9.41. The van der Waals surface area contributed by atoms with Crippen molar-refractivity contribution in [2.24, 2.45) is 0 Å². The van der Waals surface area contributed by atoms with Gasteiger partial charge in [-0.05, 0) is 18.2 Å². The topological polar surface area (TPSA) is 40.5 Å². The predicted molar refractivity (Wildman–Crippen MR) is 61.5 cm³/mol. The van der Waals surface area contributed by atoms with E-state index in [1.807, 2.05) is 0 Å². The Balaban J connectivity index is 2.69. The Morgan fingerprint density at radius 3 is 2.88 bits per heavy atom. The number of rotatable bonds is 4. The summed E-state index contributed by atoms with van der Waals surface area (Å²) in [5.74, 6) is -1.47. The van der Waals surface area contributed by atoms with Crippen LogP contribution in [0.2, 0.25) is 5.02 Å². The molecule has 86 valence electrons. The first-order valence-corrected chi connectivity index (χ1v) is 4.94. The summed E-state index contributed by atoms with van der Waals surface area (Å²) >= 11 is 5.63. The minimum absolute atomic E-state index is 0.0477. The third-order valence-corrected chi connectivity index (χ3v) is 2.27. The van der Waals surface area contributed by atoms with Crippen molar-refractivity contribution in [3.05, 3.63) is 41.2 Å². The standard InChI is InChI=1S/C11H11ClFNO2/c1-14(6-2-3-11(15)16)8-4-5-10(13)9(12)7-8/h2-5,7H,6H2,1H3,(H,15,16)/b3-2+. The Morgan fingerprint density at radius 1 is 1.62 bits per heavy atom. The summed E-state index contributed by atoms with van der Waals surface area (Å²) in [6.07, 6.45) is 2.56. The summed E-state index contributed by atoms with van der Waals surface area (Å²) in [4.78, 5) is 12.0. The van der Waals surface area contributed by atoms with Gasteiger partial charge in [0.25, 0.3) is 0 Å². The van der Waals surface area contributed by atoms with Gasteiger partial charge in [-0.25, -0.2) is 9.18 Å². The van der Waals surface area contributed by atoms with Crippen LogP contribution in [-0.4, -0.2) is 24.7 Å². The van der Waals surface area contributed by atoms with Crippen LogP contribution in [-0.2, 0) is 4.79 Å². The number of anilines is 1. The Morgan fingerprint density at radius 2 is 2.31 bits per heavy atom. The molecule has 5 heteroatoms. The van der Waals surface area contributed by atoms with Crippen LogP contribution in [0.3, 0.4) is 0 Å². The highest BCUT2D eigenvalue weighted by molar-refractivity contribution is 6.31. The molecule has 0 aliphatic rings. The minimum atomic E-state index is -0.995. The highest BCUT2D eigenvalue weighted by Gasteiger charge is 2.03. The smallest absolute Gasteiger partial charge is 0.328 e. The van der Waals surface area contributed by atoms with Gasteiger partial charge in [-0.15, -0.1) is 0 Å². The number of hydrogen-bond acceptors (Lipinski definition) is 2. The molecule has 0 saturated carbocycles. The van der Waals surface area contributed by atoms with E-state index in [9.17, 15) is 9.18 Å². The number of halogens is 2. The van der Waals surface area contributed by atoms with Crippen LogP contribution < -0.4 is 4.90 Å². The van der Waals surface area contributed by atoms with Crippen molar-refractivity contribution in [1.29, 1.82) is 0 Å². The molecule has 0 fully saturated rings. The molecular weight excluding hydrogens is 233 g/mol. The number of aliphatic carboxylic acids is 1. The Kier molecular flexibility index (Phi) is 4.31. The number of likely N-dealkylation sites (N-methyl/N-ethyl adjacent to an activating group) is 1. The summed E-state index contributed by atoms with van der Waals surface area (Å²) in [6.45, 7) is 0.411. The molecule has 0 aliphatic heterocycles. The fourth-order valence-electron chi connectivity index (χ4n) is 1.14. The van der Waals surface area contributed by atoms with Crippen molar-refractivity contribution in [3.8, 4) is 0 Å². The van der Waals surface area contributed by atoms with E-state index in [0.29, 0.717) is 6.54 Å². The fraction of sp³-hybridized carbons (Fsp3) is 0.182. The number of carbonyl (C=O) groups is 1. The number of benzene rings is 1. The maximum absolute atomic E-state index is 12.9. The van der Waals surface area contributed by atoms with Crippen molar-refractivity contribution in [3.63, 3.8) is 0 Å². The summed E-state index contributed by atoms with van der Waals surface area (Å²) in [5, 5.41) is 8.45. The molecule has 0 unspecified atom stereocenters. The van der Waals surface area contributed by atoms with E-state index in [4.69, 9.17) is 16.7 Å². The summed E-state index contributed by atoms with van der Waals surface area (Å²) < 4.78 is 12.9. The van der Waals surface area contributed by atoms with E-state index < -0.39 is 11.8 Å². The maximum atomic E-state index is 12.9. The predicted octanol–water partition coefficient (Wildman–Crippen LogP) is 2.56. The molecule has 1 aromatic rings. The van der Waals surface area contributed by atoms with Crippen molar-refractivity contribution in [2.75, 3.05) is 18.5 Å². The molecule has 1 aromatic carbocycles. The summed E-state index contributed by atoms with van der Waals surface area (Å²) in [7, 11) is 1.76. The minimum Gasteiger partial charge on any atom is -0.478 e. The van der Waals surface area contributed by atoms with Crippen molar-refractivity contribution >= 4 is 23.3 Å². The lowest BCUT2D eigenvalue weighted by molar-refractivity contribution is -0.131. The zero-order chi connectivity index (χ0) is 12.1. The first-order chi connectivity index (χ1) is 7.50. The van der Waals surface area contributed by atoms with Gasteiger partial charge in [0.05, 0.1) is 5.02 Å². The summed E-state index contributed by atoms with van der Waals surface area (Å²) in [6, 6.07) is 4.34. The maximum Gasteiger partial charge on any atom is 0.328 e. The first kappa shape index (κ1) is 12.5. The van der Waals surface area contributed by atoms with Crippen LogP contribution in [0.15, 0.2) is 30.4 Å². The molecule has 3 nitrogen and oxygen atoms in total. The first-order valence-electron chi connectivity index (χ1n) is 4.56. The van der Waals surface area contributed by atoms with Gasteiger partial charge in [0, 0.05) is 25.4 Å². The molecule has 0 saturated heterocycles. The van der Waals surface area contributed by atoms with E-state index in [-0.39, 0.29) is 5.02 Å². The normalized spacial score (nSPS) is 10.7. The molecule has 0 heterocycles. The van der Waals surface area contributed by atoms with Gasteiger partial charge < -0.3 is 10.0 Å².